The molecule has 198 valence electrons. The molecule has 11 heteroatoms. The Hall–Kier alpha value is -2.88. The first kappa shape index (κ1) is 31.2. The molecule has 0 aliphatic carbocycles. The summed E-state index contributed by atoms with van der Waals surface area (Å²) in [5.74, 6) is 0.0596. The summed E-state index contributed by atoms with van der Waals surface area (Å²) in [5, 5.41) is 2.67. The zero-order valence-electron chi connectivity index (χ0n) is 21.3. The number of carbonyl (C=O) groups is 3. The number of likely N-dealkylation sites (N-methyl/N-ethyl adjacent to an activating group) is 1. The van der Waals surface area contributed by atoms with Gasteiger partial charge >= 0.3 is 0 Å². The third-order valence-corrected chi connectivity index (χ3v) is 6.04. The molecule has 0 saturated heterocycles. The van der Waals surface area contributed by atoms with Crippen molar-refractivity contribution in [2.24, 2.45) is 5.41 Å². The van der Waals surface area contributed by atoms with Crippen molar-refractivity contribution >= 4 is 53.9 Å². The summed E-state index contributed by atoms with van der Waals surface area (Å²) in [6.45, 7) is 5.33. The summed E-state index contributed by atoms with van der Waals surface area (Å²) in [5.41, 5.74) is 1.22. The van der Waals surface area contributed by atoms with E-state index in [9.17, 15) is 14.4 Å². The molecule has 9 nitrogen and oxygen atoms in total. The molecule has 2 heterocycles. The van der Waals surface area contributed by atoms with Crippen LogP contribution in [0.2, 0.25) is 0 Å². The highest BCUT2D eigenvalue weighted by Crippen LogP contribution is 2.39. The molecule has 3 rings (SSSR count). The zero-order valence-corrected chi connectivity index (χ0v) is 22.9. The van der Waals surface area contributed by atoms with Crippen molar-refractivity contribution in [3.8, 4) is 5.75 Å². The number of pyridine rings is 1. The molecule has 0 atom stereocenters. The Morgan fingerprint density at radius 1 is 1.03 bits per heavy atom. The number of nitrogens with one attached hydrogen (secondary N) is 1. The number of carbonyl (C=O) groups excluding carboxylic acids is 3. The van der Waals surface area contributed by atoms with E-state index in [4.69, 9.17) is 4.74 Å². The van der Waals surface area contributed by atoms with E-state index in [0.717, 1.165) is 5.56 Å². The normalized spacial score (nSPS) is 14.4. The lowest BCUT2D eigenvalue weighted by molar-refractivity contribution is -0.137. The molecule has 1 aliphatic heterocycles. The number of ether oxygens (including phenoxy) is 1. The second kappa shape index (κ2) is 13.4. The number of nitrogens with zero attached hydrogens (tertiary/aromatic N) is 4. The van der Waals surface area contributed by atoms with E-state index in [1.807, 2.05) is 12.1 Å². The Labute approximate surface area is 225 Å². The molecule has 0 saturated carbocycles. The van der Waals surface area contributed by atoms with Crippen molar-refractivity contribution in [3.63, 3.8) is 0 Å². The molecule has 1 aliphatic rings. The molecule has 1 aromatic carbocycles. The second-order valence-corrected chi connectivity index (χ2v) is 8.95. The minimum absolute atomic E-state index is 0. The summed E-state index contributed by atoms with van der Waals surface area (Å²) in [7, 11) is 4.98. The maximum atomic E-state index is 12.9. The minimum Gasteiger partial charge on any atom is -0.493 e. The van der Waals surface area contributed by atoms with Gasteiger partial charge in [-0.25, -0.2) is 0 Å². The Kier molecular flexibility index (Phi) is 11.6. The highest BCUT2D eigenvalue weighted by molar-refractivity contribution is 6.19. The molecule has 0 bridgehead atoms. The molecule has 0 radical (unpaired) electrons. The largest absolute Gasteiger partial charge is 0.493 e. The number of halogens is 2. The van der Waals surface area contributed by atoms with E-state index in [0.29, 0.717) is 49.8 Å². The van der Waals surface area contributed by atoms with Crippen molar-refractivity contribution in [3.05, 3.63) is 48.3 Å². The summed E-state index contributed by atoms with van der Waals surface area (Å²) in [4.78, 5) is 46.7. The molecule has 1 aromatic heterocycles. The van der Waals surface area contributed by atoms with Crippen LogP contribution in [0.1, 0.15) is 25.8 Å². The molecule has 1 N–H and O–H groups in total. The first-order chi connectivity index (χ1) is 16.1. The molecule has 0 unspecified atom stereocenters. The van der Waals surface area contributed by atoms with Gasteiger partial charge in [-0.1, -0.05) is 0 Å². The third-order valence-electron chi connectivity index (χ3n) is 6.04. The summed E-state index contributed by atoms with van der Waals surface area (Å²) in [6, 6.07) is 9.26. The van der Waals surface area contributed by atoms with Gasteiger partial charge in [0.15, 0.2) is 0 Å². The average molecular weight is 540 g/mol. The van der Waals surface area contributed by atoms with Crippen LogP contribution >= 0.6 is 24.8 Å². The lowest BCUT2D eigenvalue weighted by atomic mass is 9.90. The average Bonchev–Trinajstić information content (AvgIpc) is 2.88. The van der Waals surface area contributed by atoms with Crippen LogP contribution in [0.5, 0.6) is 5.75 Å². The third kappa shape index (κ3) is 7.09. The van der Waals surface area contributed by atoms with Gasteiger partial charge in [0.2, 0.25) is 17.7 Å². The standard InChI is InChI=1S/C25H33N5O4.2ClH/c1-25(2)23(32)28(4)20-8-7-19(15-21(20)29(5)24(25)33)34-14-6-13-30(17-22(31)26-3)16-18-9-11-27-12-10-18;;/h7-12,15H,6,13-14,16-17H2,1-5H3,(H,26,31);2*1H. The van der Waals surface area contributed by atoms with Crippen molar-refractivity contribution < 1.29 is 19.1 Å². The topological polar surface area (TPSA) is 95.1 Å². The van der Waals surface area contributed by atoms with Gasteiger partial charge in [-0.2, -0.15) is 0 Å². The van der Waals surface area contributed by atoms with Gasteiger partial charge in [-0.15, -0.1) is 24.8 Å². The van der Waals surface area contributed by atoms with E-state index < -0.39 is 5.41 Å². The van der Waals surface area contributed by atoms with Crippen LogP contribution in [0.4, 0.5) is 11.4 Å². The quantitative estimate of drug-likeness (QED) is 0.388. The summed E-state index contributed by atoms with van der Waals surface area (Å²) >= 11 is 0. The van der Waals surface area contributed by atoms with Gasteiger partial charge < -0.3 is 19.9 Å². The van der Waals surface area contributed by atoms with Crippen molar-refractivity contribution in [2.75, 3.05) is 50.6 Å². The van der Waals surface area contributed by atoms with Crippen molar-refractivity contribution in [1.29, 1.82) is 0 Å². The van der Waals surface area contributed by atoms with Gasteiger partial charge in [-0.3, -0.25) is 24.3 Å². The van der Waals surface area contributed by atoms with Gasteiger partial charge in [0.05, 0.1) is 24.5 Å². The van der Waals surface area contributed by atoms with E-state index in [1.54, 1.807) is 65.6 Å². The summed E-state index contributed by atoms with van der Waals surface area (Å²) < 4.78 is 5.96. The number of amides is 3. The second-order valence-electron chi connectivity index (χ2n) is 8.95. The molecule has 0 fully saturated rings. The molecule has 3 amide bonds. The van der Waals surface area contributed by atoms with Gasteiger partial charge in [-0.05, 0) is 50.1 Å². The Balaban J connectivity index is 0.00000324. The van der Waals surface area contributed by atoms with Crippen LogP contribution < -0.4 is 19.9 Å². The van der Waals surface area contributed by atoms with Crippen LogP contribution in [0.25, 0.3) is 0 Å². The smallest absolute Gasteiger partial charge is 0.241 e. The fraction of sp³-hybridized carbons (Fsp3) is 0.440. The van der Waals surface area contributed by atoms with E-state index in [1.165, 1.54) is 9.80 Å². The molecular formula is C25H35Cl2N5O4. The van der Waals surface area contributed by atoms with Crippen LogP contribution in [-0.2, 0) is 20.9 Å². The molecule has 0 spiro atoms. The fourth-order valence-corrected chi connectivity index (χ4v) is 4.01. The number of aromatic nitrogens is 1. The minimum atomic E-state index is -1.15. The zero-order chi connectivity index (χ0) is 24.9. The van der Waals surface area contributed by atoms with Gasteiger partial charge in [0.1, 0.15) is 11.2 Å². The number of rotatable bonds is 9. The Morgan fingerprint density at radius 2 is 1.64 bits per heavy atom. The highest BCUT2D eigenvalue weighted by Gasteiger charge is 2.44. The van der Waals surface area contributed by atoms with Crippen LogP contribution in [0, 0.1) is 5.41 Å². The van der Waals surface area contributed by atoms with E-state index in [-0.39, 0.29) is 42.5 Å². The number of fused-ring (bicyclic) bond motifs is 1. The monoisotopic (exact) mass is 539 g/mol. The van der Waals surface area contributed by atoms with Gasteiger partial charge in [0.25, 0.3) is 0 Å². The predicted molar refractivity (Wildman–Crippen MR) is 145 cm³/mol. The van der Waals surface area contributed by atoms with Crippen molar-refractivity contribution in [2.45, 2.75) is 26.8 Å². The van der Waals surface area contributed by atoms with E-state index >= 15 is 0 Å². The SMILES string of the molecule is CNC(=O)CN(CCCOc1ccc2c(c1)N(C)C(=O)C(C)(C)C(=O)N2C)Cc1ccncc1.Cl.Cl. The van der Waals surface area contributed by atoms with Crippen LogP contribution in [0.15, 0.2) is 42.7 Å². The fourth-order valence-electron chi connectivity index (χ4n) is 4.01. The maximum absolute atomic E-state index is 12.9. The first-order valence-electron chi connectivity index (χ1n) is 11.3. The number of hydrogen-bond donors (Lipinski definition) is 1. The maximum Gasteiger partial charge on any atom is 0.241 e. The Bertz CT molecular complexity index is 1050. The van der Waals surface area contributed by atoms with Crippen LogP contribution in [-0.4, -0.2) is 68.4 Å². The number of hydrogen-bond acceptors (Lipinski definition) is 6. The van der Waals surface area contributed by atoms with Crippen LogP contribution in [0.3, 0.4) is 0 Å². The molecule has 2 aromatic rings. The molecular weight excluding hydrogens is 505 g/mol. The first-order valence-corrected chi connectivity index (χ1v) is 11.3. The predicted octanol–water partition coefficient (Wildman–Crippen LogP) is 2.91. The highest BCUT2D eigenvalue weighted by atomic mass is 35.5. The lowest BCUT2D eigenvalue weighted by Crippen LogP contribution is -2.46. The van der Waals surface area contributed by atoms with Gasteiger partial charge in [0, 0.05) is 52.7 Å². The lowest BCUT2D eigenvalue weighted by Gasteiger charge is -2.25. The molecule has 36 heavy (non-hydrogen) atoms. The number of benzene rings is 1. The van der Waals surface area contributed by atoms with E-state index in [2.05, 4.69) is 15.2 Å². The number of anilines is 2. The Morgan fingerprint density at radius 3 is 2.25 bits per heavy atom. The summed E-state index contributed by atoms with van der Waals surface area (Å²) in [6.07, 6.45) is 4.19. The van der Waals surface area contributed by atoms with Crippen molar-refractivity contribution in [1.82, 2.24) is 15.2 Å².